The van der Waals surface area contributed by atoms with Gasteiger partial charge >= 0.3 is 5.69 Å². The Morgan fingerprint density at radius 2 is 1.56 bits per heavy atom. The summed E-state index contributed by atoms with van der Waals surface area (Å²) in [5, 5.41) is 11.3. The highest BCUT2D eigenvalue weighted by atomic mass is 35.5. The summed E-state index contributed by atoms with van der Waals surface area (Å²) in [5.74, 6) is 1.95. The van der Waals surface area contributed by atoms with Gasteiger partial charge in [-0.3, -0.25) is 10.1 Å². The van der Waals surface area contributed by atoms with Gasteiger partial charge in [-0.15, -0.1) is 0 Å². The molecule has 0 aliphatic carbocycles. The fourth-order valence-corrected chi connectivity index (χ4v) is 2.56. The van der Waals surface area contributed by atoms with Crippen LogP contribution in [-0.2, 0) is 6.61 Å². The predicted octanol–water partition coefficient (Wildman–Crippen LogP) is 5.63. The Morgan fingerprint density at radius 1 is 0.926 bits per heavy atom. The molecule has 0 atom stereocenters. The second-order valence-corrected chi connectivity index (χ2v) is 5.96. The lowest BCUT2D eigenvalue weighted by molar-refractivity contribution is -0.385. The number of nitro benzene ring substituents is 1. The molecule has 0 spiro atoms. The quantitative estimate of drug-likeness (QED) is 0.389. The summed E-state index contributed by atoms with van der Waals surface area (Å²) in [6.45, 7) is 0.374. The Hall–Kier alpha value is -3.25. The SMILES string of the molecule is COc1ccc(OCc2ccc(Oc3c(Cl)cccc3[N+](=O)[O-])cc2)cc1. The fourth-order valence-electron chi connectivity index (χ4n) is 2.35. The van der Waals surface area contributed by atoms with E-state index in [2.05, 4.69) is 0 Å². The maximum Gasteiger partial charge on any atom is 0.313 e. The lowest BCUT2D eigenvalue weighted by Gasteiger charge is -2.10. The summed E-state index contributed by atoms with van der Waals surface area (Å²) in [7, 11) is 1.61. The average molecular weight is 386 g/mol. The summed E-state index contributed by atoms with van der Waals surface area (Å²) in [6.07, 6.45) is 0. The number of benzene rings is 3. The third-order valence-electron chi connectivity index (χ3n) is 3.75. The average Bonchev–Trinajstić information content (AvgIpc) is 2.69. The monoisotopic (exact) mass is 385 g/mol. The van der Waals surface area contributed by atoms with Gasteiger partial charge < -0.3 is 14.2 Å². The Kier molecular flexibility index (Phi) is 5.78. The van der Waals surface area contributed by atoms with E-state index in [9.17, 15) is 10.1 Å². The Morgan fingerprint density at radius 3 is 2.19 bits per heavy atom. The number of nitrogens with zero attached hydrogens (tertiary/aromatic N) is 1. The van der Waals surface area contributed by atoms with Crippen molar-refractivity contribution < 1.29 is 19.1 Å². The normalized spacial score (nSPS) is 10.3. The van der Waals surface area contributed by atoms with Gasteiger partial charge in [0.2, 0.25) is 5.75 Å². The lowest BCUT2D eigenvalue weighted by atomic mass is 10.2. The van der Waals surface area contributed by atoms with Gasteiger partial charge in [-0.25, -0.2) is 0 Å². The molecule has 0 amide bonds. The second-order valence-electron chi connectivity index (χ2n) is 5.56. The van der Waals surface area contributed by atoms with Crippen LogP contribution in [-0.4, -0.2) is 12.0 Å². The topological polar surface area (TPSA) is 70.8 Å². The number of halogens is 1. The predicted molar refractivity (Wildman–Crippen MR) is 102 cm³/mol. The largest absolute Gasteiger partial charge is 0.497 e. The molecule has 6 nitrogen and oxygen atoms in total. The third kappa shape index (κ3) is 4.68. The molecule has 0 radical (unpaired) electrons. The second kappa shape index (κ2) is 8.42. The van der Waals surface area contributed by atoms with Gasteiger partial charge in [0, 0.05) is 6.07 Å². The highest BCUT2D eigenvalue weighted by Crippen LogP contribution is 2.37. The molecule has 0 aromatic heterocycles. The van der Waals surface area contributed by atoms with Crippen molar-refractivity contribution in [1.82, 2.24) is 0 Å². The molecule has 138 valence electrons. The minimum atomic E-state index is -0.529. The summed E-state index contributed by atoms with van der Waals surface area (Å²) in [5.41, 5.74) is 0.737. The molecule has 0 saturated heterocycles. The minimum absolute atomic E-state index is 0.0198. The van der Waals surface area contributed by atoms with Gasteiger partial charge in [0.05, 0.1) is 17.1 Å². The van der Waals surface area contributed by atoms with Crippen LogP contribution in [0.25, 0.3) is 0 Å². The molecule has 0 N–H and O–H groups in total. The summed E-state index contributed by atoms with van der Waals surface area (Å²) < 4.78 is 16.4. The number of hydrogen-bond donors (Lipinski definition) is 0. The molecule has 0 bridgehead atoms. The summed E-state index contributed by atoms with van der Waals surface area (Å²) in [4.78, 5) is 10.6. The Balaban J connectivity index is 1.66. The molecular formula is C20H16ClNO5. The molecule has 3 aromatic carbocycles. The van der Waals surface area contributed by atoms with E-state index in [0.29, 0.717) is 12.4 Å². The molecule has 0 saturated carbocycles. The molecule has 3 aromatic rings. The van der Waals surface area contributed by atoms with Gasteiger partial charge in [0.1, 0.15) is 23.9 Å². The fraction of sp³-hybridized carbons (Fsp3) is 0.100. The van der Waals surface area contributed by atoms with Crippen LogP contribution in [0.5, 0.6) is 23.0 Å². The Bertz CT molecular complexity index is 926. The van der Waals surface area contributed by atoms with E-state index >= 15 is 0 Å². The molecular weight excluding hydrogens is 370 g/mol. The van der Waals surface area contributed by atoms with Crippen LogP contribution in [0.4, 0.5) is 5.69 Å². The molecule has 0 fully saturated rings. The van der Waals surface area contributed by atoms with E-state index in [-0.39, 0.29) is 16.5 Å². The van der Waals surface area contributed by atoms with E-state index in [1.807, 2.05) is 36.4 Å². The van der Waals surface area contributed by atoms with Crippen molar-refractivity contribution in [3.8, 4) is 23.0 Å². The van der Waals surface area contributed by atoms with Crippen LogP contribution < -0.4 is 14.2 Å². The van der Waals surface area contributed by atoms with Gasteiger partial charge in [-0.05, 0) is 48.0 Å². The first-order valence-corrected chi connectivity index (χ1v) is 8.41. The summed E-state index contributed by atoms with van der Waals surface area (Å²) in [6, 6.07) is 18.8. The van der Waals surface area contributed by atoms with E-state index < -0.39 is 4.92 Å². The highest BCUT2D eigenvalue weighted by molar-refractivity contribution is 6.32. The standard InChI is InChI=1S/C20H16ClNO5/c1-25-15-9-11-16(12-10-15)26-13-14-5-7-17(8-6-14)27-20-18(21)3-2-4-19(20)22(23)24/h2-12H,13H2,1H3. The van der Waals surface area contributed by atoms with Crippen molar-refractivity contribution in [2.24, 2.45) is 0 Å². The van der Waals surface area contributed by atoms with Crippen molar-refractivity contribution >= 4 is 17.3 Å². The zero-order valence-corrected chi connectivity index (χ0v) is 15.2. The number of ether oxygens (including phenoxy) is 3. The minimum Gasteiger partial charge on any atom is -0.497 e. The maximum atomic E-state index is 11.1. The van der Waals surface area contributed by atoms with Crippen LogP contribution in [0.2, 0.25) is 5.02 Å². The van der Waals surface area contributed by atoms with Gasteiger partial charge in [-0.1, -0.05) is 29.8 Å². The number of hydrogen-bond acceptors (Lipinski definition) is 5. The zero-order chi connectivity index (χ0) is 19.2. The van der Waals surface area contributed by atoms with Gasteiger partial charge in [-0.2, -0.15) is 0 Å². The van der Waals surface area contributed by atoms with E-state index in [1.165, 1.54) is 12.1 Å². The van der Waals surface area contributed by atoms with Crippen LogP contribution in [0, 0.1) is 10.1 Å². The molecule has 0 aliphatic heterocycles. The first-order valence-electron chi connectivity index (χ1n) is 8.03. The lowest BCUT2D eigenvalue weighted by Crippen LogP contribution is -1.96. The molecule has 3 rings (SSSR count). The van der Waals surface area contributed by atoms with Crippen LogP contribution in [0.3, 0.4) is 0 Å². The number of nitro groups is 1. The van der Waals surface area contributed by atoms with E-state index in [4.69, 9.17) is 25.8 Å². The first kappa shape index (κ1) is 18.5. The molecule has 0 heterocycles. The molecule has 0 unspecified atom stereocenters. The van der Waals surface area contributed by atoms with E-state index in [1.54, 1.807) is 25.3 Å². The van der Waals surface area contributed by atoms with Gasteiger partial charge in [0.25, 0.3) is 0 Å². The summed E-state index contributed by atoms with van der Waals surface area (Å²) >= 11 is 6.04. The first-order chi connectivity index (χ1) is 13.1. The van der Waals surface area contributed by atoms with Gasteiger partial charge in [0.15, 0.2) is 0 Å². The Labute approximate surface area is 161 Å². The van der Waals surface area contributed by atoms with Crippen molar-refractivity contribution in [1.29, 1.82) is 0 Å². The van der Waals surface area contributed by atoms with Crippen molar-refractivity contribution in [3.05, 3.63) is 87.4 Å². The van der Waals surface area contributed by atoms with E-state index in [0.717, 1.165) is 17.1 Å². The van der Waals surface area contributed by atoms with Crippen molar-refractivity contribution in [2.75, 3.05) is 7.11 Å². The van der Waals surface area contributed by atoms with Crippen LogP contribution in [0.1, 0.15) is 5.56 Å². The number of methoxy groups -OCH3 is 1. The van der Waals surface area contributed by atoms with Crippen molar-refractivity contribution in [2.45, 2.75) is 6.61 Å². The third-order valence-corrected chi connectivity index (χ3v) is 4.05. The zero-order valence-electron chi connectivity index (χ0n) is 14.4. The number of rotatable bonds is 7. The highest BCUT2D eigenvalue weighted by Gasteiger charge is 2.18. The molecule has 7 heteroatoms. The molecule has 27 heavy (non-hydrogen) atoms. The number of para-hydroxylation sites is 1. The smallest absolute Gasteiger partial charge is 0.313 e. The molecule has 0 aliphatic rings. The van der Waals surface area contributed by atoms with Crippen LogP contribution in [0.15, 0.2) is 66.7 Å². The van der Waals surface area contributed by atoms with Crippen LogP contribution >= 0.6 is 11.6 Å². The maximum absolute atomic E-state index is 11.1. The van der Waals surface area contributed by atoms with Crippen molar-refractivity contribution in [3.63, 3.8) is 0 Å².